The second-order valence-electron chi connectivity index (χ2n) is 9.77. The quantitative estimate of drug-likeness (QED) is 0.125. The van der Waals surface area contributed by atoms with Gasteiger partial charge >= 0.3 is 0 Å². The van der Waals surface area contributed by atoms with E-state index in [1.54, 1.807) is 43.3 Å². The number of hydrogen-bond acceptors (Lipinski definition) is 1. The number of halogens is 8. The molecule has 0 atom stereocenters. The molecule has 0 fully saturated rings. The minimum atomic E-state index is -1.70. The maximum absolute atomic E-state index is 15.2. The third-order valence-electron chi connectivity index (χ3n) is 6.96. The molecule has 0 radical (unpaired) electrons. The predicted octanol–water partition coefficient (Wildman–Crippen LogP) is 10.8. The summed E-state index contributed by atoms with van der Waals surface area (Å²) in [6, 6.07) is 19.3. The van der Waals surface area contributed by atoms with Crippen LogP contribution in [0.4, 0.5) is 35.1 Å². The van der Waals surface area contributed by atoms with Gasteiger partial charge in [-0.15, -0.1) is 0 Å². The summed E-state index contributed by atoms with van der Waals surface area (Å²) in [6.45, 7) is 1.46. The van der Waals surface area contributed by atoms with Crippen LogP contribution in [0.15, 0.2) is 96.8 Å². The first-order valence-corrected chi connectivity index (χ1v) is 13.3. The molecular formula is C35H22F8O. The Balaban J connectivity index is 1.38. The van der Waals surface area contributed by atoms with Gasteiger partial charge in [-0.1, -0.05) is 60.7 Å². The Morgan fingerprint density at radius 1 is 0.523 bits per heavy atom. The van der Waals surface area contributed by atoms with Crippen molar-refractivity contribution in [2.24, 2.45) is 0 Å². The van der Waals surface area contributed by atoms with Crippen LogP contribution in [0, 0.1) is 34.9 Å². The summed E-state index contributed by atoms with van der Waals surface area (Å²) < 4.78 is 119. The highest BCUT2D eigenvalue weighted by atomic mass is 19.2. The van der Waals surface area contributed by atoms with Gasteiger partial charge in [-0.2, -0.15) is 0 Å². The molecule has 5 rings (SSSR count). The topological polar surface area (TPSA) is 9.23 Å². The fourth-order valence-electron chi connectivity index (χ4n) is 4.71. The average molecular weight is 611 g/mol. The van der Waals surface area contributed by atoms with E-state index in [1.165, 1.54) is 18.2 Å². The zero-order valence-corrected chi connectivity index (χ0v) is 23.0. The number of benzene rings is 5. The van der Waals surface area contributed by atoms with Gasteiger partial charge in [-0.25, -0.2) is 35.1 Å². The monoisotopic (exact) mass is 610 g/mol. The van der Waals surface area contributed by atoms with E-state index in [0.29, 0.717) is 28.8 Å². The fourth-order valence-corrected chi connectivity index (χ4v) is 4.71. The highest BCUT2D eigenvalue weighted by molar-refractivity contribution is 5.76. The second kappa shape index (κ2) is 12.9. The molecule has 5 aromatic rings. The van der Waals surface area contributed by atoms with E-state index in [2.05, 4.69) is 0 Å². The molecule has 0 N–H and O–H groups in total. The summed E-state index contributed by atoms with van der Waals surface area (Å²) in [5.41, 5.74) is 0.925. The lowest BCUT2D eigenvalue weighted by Crippen LogP contribution is -1.96. The van der Waals surface area contributed by atoms with Crippen LogP contribution < -0.4 is 0 Å². The SMILES string of the molecule is CCOCC(F)=C(F)c1ccc(-c2ccc(-c3cc(F)c(-c4ccc(-c5cc(F)c(F)c(F)c5)c(F)c4)c(F)c3)cc2)cc1. The largest absolute Gasteiger partial charge is 0.375 e. The van der Waals surface area contributed by atoms with E-state index in [0.717, 1.165) is 24.3 Å². The van der Waals surface area contributed by atoms with E-state index in [-0.39, 0.29) is 34.4 Å². The Morgan fingerprint density at radius 2 is 0.977 bits per heavy atom. The maximum atomic E-state index is 15.2. The van der Waals surface area contributed by atoms with Crippen molar-refractivity contribution in [3.05, 3.63) is 137 Å². The van der Waals surface area contributed by atoms with Crippen molar-refractivity contribution < 1.29 is 39.9 Å². The molecule has 0 unspecified atom stereocenters. The average Bonchev–Trinajstić information content (AvgIpc) is 3.01. The van der Waals surface area contributed by atoms with Gasteiger partial charge in [0.15, 0.2) is 29.1 Å². The van der Waals surface area contributed by atoms with Gasteiger partial charge in [0.05, 0.1) is 5.56 Å². The molecule has 0 heterocycles. The Kier molecular flexibility index (Phi) is 8.96. The first-order chi connectivity index (χ1) is 21.1. The van der Waals surface area contributed by atoms with Gasteiger partial charge in [-0.3, -0.25) is 0 Å². The lowest BCUT2D eigenvalue weighted by atomic mass is 9.95. The molecule has 5 aromatic carbocycles. The van der Waals surface area contributed by atoms with Crippen LogP contribution in [0.25, 0.3) is 50.3 Å². The zero-order valence-electron chi connectivity index (χ0n) is 23.0. The standard InChI is InChI=1S/C35H22F8O/c1-2-44-18-32(41)34(42)22-9-7-20(8-10-22)19-3-5-21(6-4-19)24-14-28(37)33(29(38)15-24)23-11-12-26(27(36)13-23)25-16-30(39)35(43)31(40)17-25/h3-17H,2,18H2,1H3. The van der Waals surface area contributed by atoms with Gasteiger partial charge in [0.1, 0.15) is 24.1 Å². The molecule has 0 amide bonds. The van der Waals surface area contributed by atoms with E-state index >= 15 is 8.78 Å². The fraction of sp³-hybridized carbons (Fsp3) is 0.0857. The summed E-state index contributed by atoms with van der Waals surface area (Å²) in [4.78, 5) is 0. The Bertz CT molecular complexity index is 1820. The lowest BCUT2D eigenvalue weighted by Gasteiger charge is -2.12. The minimum Gasteiger partial charge on any atom is -0.375 e. The third kappa shape index (κ3) is 6.28. The van der Waals surface area contributed by atoms with Crippen LogP contribution in [-0.4, -0.2) is 13.2 Å². The molecule has 0 aliphatic rings. The van der Waals surface area contributed by atoms with E-state index < -0.39 is 58.7 Å². The maximum Gasteiger partial charge on any atom is 0.194 e. The zero-order chi connectivity index (χ0) is 31.5. The third-order valence-corrected chi connectivity index (χ3v) is 6.96. The molecule has 44 heavy (non-hydrogen) atoms. The van der Waals surface area contributed by atoms with Gasteiger partial charge in [0, 0.05) is 17.7 Å². The number of rotatable bonds is 8. The van der Waals surface area contributed by atoms with Crippen molar-refractivity contribution in [3.63, 3.8) is 0 Å². The molecule has 0 aliphatic carbocycles. The highest BCUT2D eigenvalue weighted by Crippen LogP contribution is 2.35. The van der Waals surface area contributed by atoms with Crippen molar-refractivity contribution >= 4 is 5.83 Å². The van der Waals surface area contributed by atoms with Crippen LogP contribution in [-0.2, 0) is 4.74 Å². The first kappa shape index (κ1) is 30.7. The van der Waals surface area contributed by atoms with Crippen LogP contribution in [0.1, 0.15) is 12.5 Å². The van der Waals surface area contributed by atoms with Crippen molar-refractivity contribution in [3.8, 4) is 44.5 Å². The summed E-state index contributed by atoms with van der Waals surface area (Å²) >= 11 is 0. The van der Waals surface area contributed by atoms with Crippen molar-refractivity contribution in [2.75, 3.05) is 13.2 Å². The van der Waals surface area contributed by atoms with E-state index in [4.69, 9.17) is 4.74 Å². The second-order valence-corrected chi connectivity index (χ2v) is 9.77. The van der Waals surface area contributed by atoms with Gasteiger partial charge < -0.3 is 4.74 Å². The number of ether oxygens (including phenoxy) is 1. The van der Waals surface area contributed by atoms with Crippen molar-refractivity contribution in [1.29, 1.82) is 0 Å². The van der Waals surface area contributed by atoms with Crippen LogP contribution in [0.2, 0.25) is 0 Å². The smallest absolute Gasteiger partial charge is 0.194 e. The summed E-state index contributed by atoms with van der Waals surface area (Å²) in [7, 11) is 0. The Hall–Kier alpha value is -4.76. The molecule has 0 saturated heterocycles. The molecule has 0 aliphatic heterocycles. The summed E-state index contributed by atoms with van der Waals surface area (Å²) in [5, 5.41) is 0. The van der Waals surface area contributed by atoms with Crippen molar-refractivity contribution in [2.45, 2.75) is 6.92 Å². The Morgan fingerprint density at radius 3 is 1.50 bits per heavy atom. The van der Waals surface area contributed by atoms with Crippen LogP contribution >= 0.6 is 0 Å². The minimum absolute atomic E-state index is 0.0568. The molecular weight excluding hydrogens is 588 g/mol. The predicted molar refractivity (Wildman–Crippen MR) is 154 cm³/mol. The van der Waals surface area contributed by atoms with Crippen LogP contribution in [0.3, 0.4) is 0 Å². The molecule has 0 saturated carbocycles. The molecule has 9 heteroatoms. The number of hydrogen-bond donors (Lipinski definition) is 0. The Labute approximate surface area is 247 Å². The summed E-state index contributed by atoms with van der Waals surface area (Å²) in [6.07, 6.45) is 0. The molecule has 0 bridgehead atoms. The van der Waals surface area contributed by atoms with E-state index in [9.17, 15) is 26.3 Å². The molecule has 0 aromatic heterocycles. The van der Waals surface area contributed by atoms with E-state index in [1.807, 2.05) is 0 Å². The molecule has 224 valence electrons. The van der Waals surface area contributed by atoms with Gasteiger partial charge in [0.2, 0.25) is 0 Å². The molecule has 1 nitrogen and oxygen atoms in total. The highest BCUT2D eigenvalue weighted by Gasteiger charge is 2.19. The first-order valence-electron chi connectivity index (χ1n) is 13.3. The normalized spacial score (nSPS) is 11.9. The molecule has 0 spiro atoms. The van der Waals surface area contributed by atoms with Gasteiger partial charge in [0.25, 0.3) is 0 Å². The van der Waals surface area contributed by atoms with Crippen LogP contribution in [0.5, 0.6) is 0 Å². The van der Waals surface area contributed by atoms with Gasteiger partial charge in [-0.05, 0) is 70.6 Å². The lowest BCUT2D eigenvalue weighted by molar-refractivity contribution is 0.155. The van der Waals surface area contributed by atoms with Crippen molar-refractivity contribution in [1.82, 2.24) is 0 Å². The summed E-state index contributed by atoms with van der Waals surface area (Å²) in [5.74, 6) is -9.69.